The lowest BCUT2D eigenvalue weighted by Gasteiger charge is -2.12. The molecule has 53 heavy (non-hydrogen) atoms. The van der Waals surface area contributed by atoms with Gasteiger partial charge in [0, 0.05) is 38.4 Å². The van der Waals surface area contributed by atoms with Crippen molar-refractivity contribution in [3.05, 3.63) is 187 Å². The summed E-state index contributed by atoms with van der Waals surface area (Å²) in [7, 11) is 0. The van der Waals surface area contributed by atoms with Gasteiger partial charge in [-0.3, -0.25) is 9.98 Å². The van der Waals surface area contributed by atoms with Gasteiger partial charge in [-0.2, -0.15) is 0 Å². The van der Waals surface area contributed by atoms with E-state index in [2.05, 4.69) is 151 Å². The minimum Gasteiger partial charge on any atom is -0.260 e. The van der Waals surface area contributed by atoms with Gasteiger partial charge >= 0.3 is 0 Å². The highest BCUT2D eigenvalue weighted by atomic mass is 15.0. The molecule has 0 aliphatic carbocycles. The number of benzene rings is 7. The lowest BCUT2D eigenvalue weighted by molar-refractivity contribution is 1.06. The fraction of sp³-hybridized carbons (Fsp3) is 0.0208. The van der Waals surface area contributed by atoms with E-state index in [-0.39, 0.29) is 0 Å². The van der Waals surface area contributed by atoms with Crippen molar-refractivity contribution in [3.8, 4) is 67.4 Å². The summed E-state index contributed by atoms with van der Waals surface area (Å²) < 4.78 is 0. The molecule has 7 aromatic carbocycles. The third-order valence-electron chi connectivity index (χ3n) is 10.0. The molecule has 2 aromatic heterocycles. The summed E-state index contributed by atoms with van der Waals surface area (Å²) in [5, 5.41) is 5.23. The van der Waals surface area contributed by atoms with Crippen molar-refractivity contribution in [2.75, 3.05) is 6.67 Å². The van der Waals surface area contributed by atoms with Gasteiger partial charge in [0.15, 0.2) is 5.82 Å². The first-order chi connectivity index (χ1) is 26.2. The summed E-state index contributed by atoms with van der Waals surface area (Å²) in [6.07, 6.45) is 0. The van der Waals surface area contributed by atoms with Gasteiger partial charge in [0.1, 0.15) is 6.67 Å². The van der Waals surface area contributed by atoms with Gasteiger partial charge in [-0.05, 0) is 46.5 Å². The smallest absolute Gasteiger partial charge is 0.160 e. The fourth-order valence-corrected chi connectivity index (χ4v) is 7.28. The topological polar surface area (TPSA) is 63.4 Å². The van der Waals surface area contributed by atoms with Gasteiger partial charge in [-0.25, -0.2) is 15.0 Å². The van der Waals surface area contributed by atoms with Crippen LogP contribution >= 0.6 is 0 Å². The highest BCUT2D eigenvalue weighted by Gasteiger charge is 2.15. The van der Waals surface area contributed by atoms with E-state index in [0.717, 1.165) is 88.4 Å². The Bertz CT molecular complexity index is 2920. The molecule has 0 saturated carbocycles. The molecule has 5 heteroatoms. The summed E-state index contributed by atoms with van der Waals surface area (Å²) in [5.41, 5.74) is 12.4. The van der Waals surface area contributed by atoms with Gasteiger partial charge < -0.3 is 0 Å². The Balaban J connectivity index is 0.990. The summed E-state index contributed by atoms with van der Waals surface area (Å²) >= 11 is 0. The van der Waals surface area contributed by atoms with E-state index in [0.29, 0.717) is 12.5 Å². The number of fused-ring (bicyclic) bond motifs is 5. The zero-order chi connectivity index (χ0) is 35.1. The average molecular weight is 678 g/mol. The molecule has 248 valence electrons. The molecule has 0 spiro atoms. The normalized spacial score (nSPS) is 12.0. The largest absolute Gasteiger partial charge is 0.260 e. The van der Waals surface area contributed by atoms with Crippen molar-refractivity contribution >= 4 is 21.7 Å². The molecular formula is C48H31N5. The summed E-state index contributed by atoms with van der Waals surface area (Å²) in [6.45, 7) is 0.476. The Morgan fingerprint density at radius 2 is 0.868 bits per heavy atom. The fourth-order valence-electron chi connectivity index (χ4n) is 7.28. The van der Waals surface area contributed by atoms with Crippen molar-refractivity contribution in [1.82, 2.24) is 15.0 Å². The Morgan fingerprint density at radius 1 is 0.358 bits per heavy atom. The summed E-state index contributed by atoms with van der Waals surface area (Å²) in [4.78, 5) is 24.6. The van der Waals surface area contributed by atoms with E-state index >= 15 is 0 Å². The maximum absolute atomic E-state index is 5.14. The third kappa shape index (κ3) is 5.65. The van der Waals surface area contributed by atoms with Crippen LogP contribution in [-0.4, -0.2) is 21.6 Å². The molecule has 10 rings (SSSR count). The Kier molecular flexibility index (Phi) is 7.47. The molecule has 0 bridgehead atoms. The predicted octanol–water partition coefficient (Wildman–Crippen LogP) is 10.4. The second-order valence-corrected chi connectivity index (χ2v) is 13.2. The molecule has 0 saturated heterocycles. The zero-order valence-electron chi connectivity index (χ0n) is 28.7. The van der Waals surface area contributed by atoms with Crippen molar-refractivity contribution in [2.45, 2.75) is 0 Å². The number of pyridine rings is 1. The monoisotopic (exact) mass is 677 g/mol. The Labute approximate surface area is 306 Å². The first-order valence-electron chi connectivity index (χ1n) is 17.8. The van der Waals surface area contributed by atoms with E-state index in [9.17, 15) is 0 Å². The van der Waals surface area contributed by atoms with Crippen LogP contribution in [0.4, 0.5) is 0 Å². The SMILES string of the molecule is c1ccc(-c2ccc(-c3nc(-c4ccccc4)cc(-c4ccc(-c5ccc(-c6nc7ccccc7c7c8c(ccc67)=NCN=8)cc5)cc4)n3)cc2)cc1. The molecule has 0 fully saturated rings. The Morgan fingerprint density at radius 3 is 1.53 bits per heavy atom. The second-order valence-electron chi connectivity index (χ2n) is 13.2. The van der Waals surface area contributed by atoms with Crippen molar-refractivity contribution in [3.63, 3.8) is 0 Å². The third-order valence-corrected chi connectivity index (χ3v) is 10.0. The van der Waals surface area contributed by atoms with Crippen LogP contribution in [0, 0.1) is 0 Å². The average Bonchev–Trinajstić information content (AvgIpc) is 3.74. The number of rotatable bonds is 6. The van der Waals surface area contributed by atoms with Crippen LogP contribution in [-0.2, 0) is 0 Å². The highest BCUT2D eigenvalue weighted by Crippen LogP contribution is 2.34. The van der Waals surface area contributed by atoms with Crippen molar-refractivity contribution < 1.29 is 0 Å². The van der Waals surface area contributed by atoms with Gasteiger partial charge in [-0.15, -0.1) is 0 Å². The molecule has 9 aromatic rings. The van der Waals surface area contributed by atoms with Crippen LogP contribution in [0.25, 0.3) is 89.1 Å². The number of para-hydroxylation sites is 1. The molecule has 0 radical (unpaired) electrons. The lowest BCUT2D eigenvalue weighted by atomic mass is 9.97. The van der Waals surface area contributed by atoms with Gasteiger partial charge in [-0.1, -0.05) is 152 Å². The van der Waals surface area contributed by atoms with E-state index in [1.165, 1.54) is 5.56 Å². The molecule has 0 amide bonds. The Hall–Kier alpha value is -7.11. The van der Waals surface area contributed by atoms with Gasteiger partial charge in [0.05, 0.1) is 33.3 Å². The minimum atomic E-state index is 0.476. The van der Waals surface area contributed by atoms with Gasteiger partial charge in [0.2, 0.25) is 0 Å². The standard InChI is InChI=1S/C48H31N5/c1-3-9-31(10-4-1)32-19-25-38(26-20-32)48-52-43(35-11-5-2-6-12-35)29-44(53-48)36-21-15-33(16-22-36)34-17-23-37(24-18-34)46-40-27-28-42-47(50-30-49-42)45(40)39-13-7-8-14-41(39)51-46/h1-29H,30H2. The minimum absolute atomic E-state index is 0.476. The van der Waals surface area contributed by atoms with Crippen LogP contribution in [0.1, 0.15) is 0 Å². The molecule has 0 N–H and O–H groups in total. The highest BCUT2D eigenvalue weighted by molar-refractivity contribution is 6.10. The molecule has 3 heterocycles. The lowest BCUT2D eigenvalue weighted by Crippen LogP contribution is -2.22. The van der Waals surface area contributed by atoms with E-state index in [1.54, 1.807) is 0 Å². The number of nitrogens with zero attached hydrogens (tertiary/aromatic N) is 5. The summed E-state index contributed by atoms with van der Waals surface area (Å²) in [6, 6.07) is 61.1. The van der Waals surface area contributed by atoms with Crippen LogP contribution in [0.2, 0.25) is 0 Å². The van der Waals surface area contributed by atoms with Crippen LogP contribution in [0.5, 0.6) is 0 Å². The van der Waals surface area contributed by atoms with Crippen LogP contribution in [0.15, 0.2) is 186 Å². The zero-order valence-corrected chi connectivity index (χ0v) is 28.7. The molecule has 5 nitrogen and oxygen atoms in total. The van der Waals surface area contributed by atoms with Crippen molar-refractivity contribution in [2.24, 2.45) is 9.98 Å². The predicted molar refractivity (Wildman–Crippen MR) is 215 cm³/mol. The maximum atomic E-state index is 5.14. The summed E-state index contributed by atoms with van der Waals surface area (Å²) in [5.74, 6) is 0.698. The first kappa shape index (κ1) is 30.7. The quantitative estimate of drug-likeness (QED) is 0.165. The molecular weight excluding hydrogens is 647 g/mol. The van der Waals surface area contributed by atoms with E-state index < -0.39 is 0 Å². The van der Waals surface area contributed by atoms with E-state index in [1.807, 2.05) is 30.3 Å². The molecule has 1 aliphatic rings. The van der Waals surface area contributed by atoms with E-state index in [4.69, 9.17) is 19.9 Å². The maximum Gasteiger partial charge on any atom is 0.160 e. The van der Waals surface area contributed by atoms with Crippen LogP contribution in [0.3, 0.4) is 0 Å². The van der Waals surface area contributed by atoms with Crippen LogP contribution < -0.4 is 10.7 Å². The number of aromatic nitrogens is 3. The molecule has 0 unspecified atom stereocenters. The molecule has 0 atom stereocenters. The van der Waals surface area contributed by atoms with Crippen molar-refractivity contribution in [1.29, 1.82) is 0 Å². The second kappa shape index (κ2) is 12.9. The first-order valence-corrected chi connectivity index (χ1v) is 17.8. The molecule has 1 aliphatic heterocycles. The van der Waals surface area contributed by atoms with Gasteiger partial charge in [0.25, 0.3) is 0 Å². The number of hydrogen-bond donors (Lipinski definition) is 0. The number of hydrogen-bond acceptors (Lipinski definition) is 5.